The largest absolute Gasteiger partial charge is 0.396 e. The number of nitrogens with zero attached hydrogens (tertiary/aromatic N) is 1. The smallest absolute Gasteiger partial charge is 0.321 e. The van der Waals surface area contributed by atoms with Crippen molar-refractivity contribution < 1.29 is 13.6 Å². The second kappa shape index (κ2) is 4.78. The van der Waals surface area contributed by atoms with Gasteiger partial charge < -0.3 is 16.0 Å². The van der Waals surface area contributed by atoms with E-state index in [0.717, 1.165) is 6.07 Å². The lowest BCUT2D eigenvalue weighted by atomic mass is 10.2. The van der Waals surface area contributed by atoms with Gasteiger partial charge in [-0.1, -0.05) is 0 Å². The molecular formula is C10H13F2N3O. The lowest BCUT2D eigenvalue weighted by Gasteiger charge is -2.16. The molecule has 1 rings (SSSR count). The van der Waals surface area contributed by atoms with Crippen LogP contribution in [0.15, 0.2) is 12.1 Å². The summed E-state index contributed by atoms with van der Waals surface area (Å²) in [4.78, 5) is 12.8. The molecule has 2 amide bonds. The Kier molecular flexibility index (Phi) is 3.65. The number of anilines is 2. The first-order valence-electron chi connectivity index (χ1n) is 4.72. The molecule has 1 aromatic rings. The highest BCUT2D eigenvalue weighted by Crippen LogP contribution is 2.21. The van der Waals surface area contributed by atoms with E-state index in [0.29, 0.717) is 12.6 Å². The molecule has 0 bridgehead atoms. The fraction of sp³-hybridized carbons (Fsp3) is 0.300. The quantitative estimate of drug-likeness (QED) is 0.762. The van der Waals surface area contributed by atoms with Gasteiger partial charge in [-0.05, 0) is 13.0 Å². The van der Waals surface area contributed by atoms with Crippen LogP contribution in [0.25, 0.3) is 0 Å². The van der Waals surface area contributed by atoms with E-state index in [-0.39, 0.29) is 11.4 Å². The molecular weight excluding hydrogens is 216 g/mol. The van der Waals surface area contributed by atoms with Crippen molar-refractivity contribution in [3.8, 4) is 0 Å². The molecule has 0 atom stereocenters. The number of urea groups is 1. The van der Waals surface area contributed by atoms with Gasteiger partial charge in [0.05, 0.1) is 11.4 Å². The van der Waals surface area contributed by atoms with E-state index < -0.39 is 17.7 Å². The molecule has 88 valence electrons. The highest BCUT2D eigenvalue weighted by molar-refractivity contribution is 5.89. The maximum absolute atomic E-state index is 13.2. The van der Waals surface area contributed by atoms with Gasteiger partial charge in [-0.25, -0.2) is 13.6 Å². The molecule has 0 fully saturated rings. The first-order chi connectivity index (χ1) is 7.45. The predicted molar refractivity (Wildman–Crippen MR) is 58.1 cm³/mol. The van der Waals surface area contributed by atoms with Gasteiger partial charge >= 0.3 is 6.03 Å². The van der Waals surface area contributed by atoms with Crippen molar-refractivity contribution in [3.63, 3.8) is 0 Å². The summed E-state index contributed by atoms with van der Waals surface area (Å²) in [6, 6.07) is 1.20. The van der Waals surface area contributed by atoms with Gasteiger partial charge in [0.25, 0.3) is 0 Å². The summed E-state index contributed by atoms with van der Waals surface area (Å²) in [5.41, 5.74) is 4.92. The number of nitrogen functional groups attached to an aromatic ring is 1. The van der Waals surface area contributed by atoms with Crippen LogP contribution in [-0.4, -0.2) is 24.5 Å². The number of nitrogens with one attached hydrogen (secondary N) is 1. The van der Waals surface area contributed by atoms with E-state index in [1.165, 1.54) is 4.90 Å². The van der Waals surface area contributed by atoms with E-state index in [4.69, 9.17) is 5.73 Å². The normalized spacial score (nSPS) is 10.0. The van der Waals surface area contributed by atoms with Gasteiger partial charge in [0, 0.05) is 19.7 Å². The third-order valence-electron chi connectivity index (χ3n) is 2.15. The number of halogens is 2. The number of nitrogens with two attached hydrogens (primary N) is 1. The Bertz CT molecular complexity index is 409. The highest BCUT2D eigenvalue weighted by atomic mass is 19.1. The van der Waals surface area contributed by atoms with Crippen molar-refractivity contribution in [1.82, 2.24) is 4.90 Å². The topological polar surface area (TPSA) is 58.4 Å². The summed E-state index contributed by atoms with van der Waals surface area (Å²) in [5, 5.41) is 2.29. The minimum Gasteiger partial charge on any atom is -0.396 e. The molecule has 0 aliphatic heterocycles. The molecule has 0 spiro atoms. The van der Waals surface area contributed by atoms with Crippen LogP contribution in [0, 0.1) is 11.6 Å². The molecule has 0 saturated carbocycles. The van der Waals surface area contributed by atoms with Gasteiger partial charge in [-0.15, -0.1) is 0 Å². The lowest BCUT2D eigenvalue weighted by molar-refractivity contribution is 0.224. The van der Waals surface area contributed by atoms with E-state index in [2.05, 4.69) is 5.32 Å². The second-order valence-electron chi connectivity index (χ2n) is 3.30. The van der Waals surface area contributed by atoms with Gasteiger partial charge in [-0.2, -0.15) is 0 Å². The van der Waals surface area contributed by atoms with E-state index >= 15 is 0 Å². The monoisotopic (exact) mass is 229 g/mol. The zero-order valence-electron chi connectivity index (χ0n) is 9.05. The van der Waals surface area contributed by atoms with Gasteiger partial charge in [0.15, 0.2) is 0 Å². The first-order valence-corrected chi connectivity index (χ1v) is 4.72. The second-order valence-corrected chi connectivity index (χ2v) is 3.30. The number of benzene rings is 1. The summed E-state index contributed by atoms with van der Waals surface area (Å²) >= 11 is 0. The molecule has 1 aromatic carbocycles. The summed E-state index contributed by atoms with van der Waals surface area (Å²) in [5.74, 6) is -1.70. The minimum absolute atomic E-state index is 0.135. The Balaban J connectivity index is 2.90. The van der Waals surface area contributed by atoms with Crippen LogP contribution in [0.1, 0.15) is 6.92 Å². The summed E-state index contributed by atoms with van der Waals surface area (Å²) in [7, 11) is 1.56. The molecule has 0 saturated heterocycles. The van der Waals surface area contributed by atoms with Crippen LogP contribution in [0.4, 0.5) is 25.0 Å². The molecule has 0 unspecified atom stereocenters. The summed E-state index contributed by atoms with van der Waals surface area (Å²) in [6.07, 6.45) is 0. The number of rotatable bonds is 2. The van der Waals surface area contributed by atoms with Crippen molar-refractivity contribution in [2.45, 2.75) is 6.92 Å². The molecule has 0 heterocycles. The number of carbonyl (C=O) groups is 1. The molecule has 0 aliphatic carbocycles. The Labute approximate surface area is 92.0 Å². The SMILES string of the molecule is CCN(C)C(=O)Nc1cc(N)c(F)cc1F. The van der Waals surface area contributed by atoms with Gasteiger partial charge in [-0.3, -0.25) is 0 Å². The average Bonchev–Trinajstić information content (AvgIpc) is 2.24. The maximum Gasteiger partial charge on any atom is 0.321 e. The van der Waals surface area contributed by atoms with Crippen LogP contribution in [0.2, 0.25) is 0 Å². The summed E-state index contributed by atoms with van der Waals surface area (Å²) < 4.78 is 26.1. The Morgan fingerprint density at radius 3 is 2.62 bits per heavy atom. The maximum atomic E-state index is 13.2. The molecule has 6 heteroatoms. The van der Waals surface area contributed by atoms with Crippen LogP contribution in [0.3, 0.4) is 0 Å². The fourth-order valence-electron chi connectivity index (χ4n) is 1.02. The number of amides is 2. The van der Waals surface area contributed by atoms with Crippen molar-refractivity contribution in [3.05, 3.63) is 23.8 Å². The Morgan fingerprint density at radius 1 is 1.44 bits per heavy atom. The highest BCUT2D eigenvalue weighted by Gasteiger charge is 2.12. The predicted octanol–water partition coefficient (Wildman–Crippen LogP) is 2.03. The molecule has 0 aromatic heterocycles. The van der Waals surface area contributed by atoms with Crippen molar-refractivity contribution in [2.75, 3.05) is 24.6 Å². The molecule has 4 nitrogen and oxygen atoms in total. The number of carbonyl (C=O) groups excluding carboxylic acids is 1. The molecule has 3 N–H and O–H groups in total. The van der Waals surface area contributed by atoms with Gasteiger partial charge in [0.1, 0.15) is 11.6 Å². The van der Waals surface area contributed by atoms with Gasteiger partial charge in [0.2, 0.25) is 0 Å². The van der Waals surface area contributed by atoms with Crippen molar-refractivity contribution >= 4 is 17.4 Å². The number of hydrogen-bond donors (Lipinski definition) is 2. The van der Waals surface area contributed by atoms with Crippen LogP contribution in [0.5, 0.6) is 0 Å². The van der Waals surface area contributed by atoms with Crippen molar-refractivity contribution in [1.29, 1.82) is 0 Å². The third kappa shape index (κ3) is 2.59. The first kappa shape index (κ1) is 12.2. The Morgan fingerprint density at radius 2 is 2.06 bits per heavy atom. The fourth-order valence-corrected chi connectivity index (χ4v) is 1.02. The third-order valence-corrected chi connectivity index (χ3v) is 2.15. The standard InChI is InChI=1S/C10H13F2N3O/c1-3-15(2)10(16)14-9-5-8(13)6(11)4-7(9)12/h4-5H,3,13H2,1-2H3,(H,14,16). The lowest BCUT2D eigenvalue weighted by Crippen LogP contribution is -2.31. The van der Waals surface area contributed by atoms with E-state index in [1.807, 2.05) is 0 Å². The minimum atomic E-state index is -0.857. The summed E-state index contributed by atoms with van der Waals surface area (Å²) in [6.45, 7) is 2.25. The number of hydrogen-bond acceptors (Lipinski definition) is 2. The van der Waals surface area contributed by atoms with E-state index in [1.54, 1.807) is 14.0 Å². The molecule has 0 aliphatic rings. The van der Waals surface area contributed by atoms with Crippen LogP contribution < -0.4 is 11.1 Å². The van der Waals surface area contributed by atoms with E-state index in [9.17, 15) is 13.6 Å². The van der Waals surface area contributed by atoms with Crippen molar-refractivity contribution in [2.24, 2.45) is 0 Å². The molecule has 0 radical (unpaired) electrons. The van der Waals surface area contributed by atoms with Crippen LogP contribution >= 0.6 is 0 Å². The molecule has 16 heavy (non-hydrogen) atoms. The Hall–Kier alpha value is -1.85. The average molecular weight is 229 g/mol. The zero-order valence-corrected chi connectivity index (χ0v) is 9.05. The van der Waals surface area contributed by atoms with Crippen LogP contribution in [-0.2, 0) is 0 Å². The zero-order chi connectivity index (χ0) is 12.3.